The number of halogens is 4. The highest BCUT2D eigenvalue weighted by atomic mass is 35.6. The molecule has 0 saturated heterocycles. The average Bonchev–Trinajstić information content (AvgIpc) is 0.722. The first-order chi connectivity index (χ1) is 2.00. The van der Waals surface area contributed by atoms with Gasteiger partial charge in [-0.3, -0.25) is 0 Å². The van der Waals surface area contributed by atoms with Crippen molar-refractivity contribution >= 4 is 34.8 Å². The van der Waals surface area contributed by atoms with Crippen LogP contribution in [0.25, 0.3) is 0 Å². The van der Waals surface area contributed by atoms with Crippen molar-refractivity contribution in [2.24, 2.45) is 0 Å². The molecule has 0 aliphatic heterocycles. The summed E-state index contributed by atoms with van der Waals surface area (Å²) in [5.41, 5.74) is 0. The maximum atomic E-state index is 11.0. The third-order valence-electron chi connectivity index (χ3n) is 0. The first kappa shape index (κ1) is 581. The average molecular weight is 444 g/mol. The predicted molar refractivity (Wildman–Crippen MR) is 82.8 cm³/mol. The molecule has 0 aromatic carbocycles. The van der Waals surface area contributed by atoms with E-state index in [1.54, 1.807) is 0 Å². The van der Waals surface area contributed by atoms with Crippen molar-refractivity contribution in [3.8, 4) is 0 Å². The second kappa shape index (κ2) is 228. The molecule has 0 saturated carbocycles. The Morgan fingerprint density at radius 1 is 0.318 bits per heavy atom. The molecular formula is CH34Cl3FO17. The molecule has 0 aromatic rings. The molecule has 0 radical (unpaired) electrons. The molecule has 0 fully saturated rings. The number of hydrogen-bond acceptors (Lipinski definition) is 0. The molecule has 17 nitrogen and oxygen atoms in total. The fourth-order valence-electron chi connectivity index (χ4n) is 0. The van der Waals surface area contributed by atoms with E-state index in [2.05, 4.69) is 34.8 Å². The summed E-state index contributed by atoms with van der Waals surface area (Å²) in [7, 11) is 0. The van der Waals surface area contributed by atoms with Crippen molar-refractivity contribution in [3.63, 3.8) is 0 Å². The van der Waals surface area contributed by atoms with E-state index in [-0.39, 0.29) is 93.1 Å². The lowest BCUT2D eigenvalue weighted by molar-refractivity contribution is 0.507. The molecule has 0 rings (SSSR count). The van der Waals surface area contributed by atoms with Crippen LogP contribution in [-0.4, -0.2) is 97.1 Å². The van der Waals surface area contributed by atoms with Crippen LogP contribution in [0.1, 0.15) is 0 Å². The standard InChI is InChI=1S/CCl3F.17H2O/c2-1(3,4)5;;;;;;;;;;;;;;;;;/h;17*1H2. The Morgan fingerprint density at radius 3 is 0.318 bits per heavy atom. The van der Waals surface area contributed by atoms with Gasteiger partial charge in [-0.15, -0.1) is 0 Å². The van der Waals surface area contributed by atoms with Crippen LogP contribution in [0.4, 0.5) is 4.39 Å². The lowest BCUT2D eigenvalue weighted by Gasteiger charge is -1.89. The highest BCUT2D eigenvalue weighted by Gasteiger charge is 2.14. The summed E-state index contributed by atoms with van der Waals surface area (Å²) in [5, 5.41) is 0. The van der Waals surface area contributed by atoms with E-state index < -0.39 is 4.05 Å². The lowest BCUT2D eigenvalue weighted by Crippen LogP contribution is -1.83. The van der Waals surface area contributed by atoms with Crippen LogP contribution in [0.5, 0.6) is 0 Å². The molecule has 0 bridgehead atoms. The third kappa shape index (κ3) is 511000. The van der Waals surface area contributed by atoms with Crippen molar-refractivity contribution < 1.29 is 97.5 Å². The van der Waals surface area contributed by atoms with Gasteiger partial charge >= 0.3 is 4.05 Å². The Morgan fingerprint density at radius 2 is 0.318 bits per heavy atom. The Balaban J connectivity index is -0.000000000588. The van der Waals surface area contributed by atoms with Gasteiger partial charge in [-0.25, -0.2) is 0 Å². The fourth-order valence-corrected chi connectivity index (χ4v) is 0. The van der Waals surface area contributed by atoms with Crippen molar-refractivity contribution in [3.05, 3.63) is 0 Å². The SMILES string of the molecule is FC(Cl)(Cl)Cl.O.O.O.O.O.O.O.O.O.O.O.O.O.O.O.O.O. The number of rotatable bonds is 0. The predicted octanol–water partition coefficient (Wildman–Crippen LogP) is -11.7. The summed E-state index contributed by atoms with van der Waals surface area (Å²) in [4.78, 5) is 0. The summed E-state index contributed by atoms with van der Waals surface area (Å²) in [6, 6.07) is 0. The first-order valence-corrected chi connectivity index (χ1v) is 1.89. The molecule has 0 aliphatic carbocycles. The van der Waals surface area contributed by atoms with E-state index in [1.165, 1.54) is 0 Å². The molecule has 22 heavy (non-hydrogen) atoms. The van der Waals surface area contributed by atoms with Crippen molar-refractivity contribution in [1.82, 2.24) is 0 Å². The quantitative estimate of drug-likeness (QED) is 0.314. The van der Waals surface area contributed by atoms with E-state index in [9.17, 15) is 4.39 Å². The second-order valence-corrected chi connectivity index (χ2v) is 2.57. The van der Waals surface area contributed by atoms with Gasteiger partial charge in [0.15, 0.2) is 0 Å². The zero-order valence-electron chi connectivity index (χ0n) is 10.5. The molecule has 0 unspecified atom stereocenters. The normalized spacial score (nSPS) is 2.73. The summed E-state index contributed by atoms with van der Waals surface area (Å²) in [6.07, 6.45) is 0. The van der Waals surface area contributed by atoms with Gasteiger partial charge in [0.25, 0.3) is 0 Å². The third-order valence-corrected chi connectivity index (χ3v) is 0. The van der Waals surface area contributed by atoms with E-state index in [4.69, 9.17) is 0 Å². The van der Waals surface area contributed by atoms with Crippen LogP contribution < -0.4 is 0 Å². The lowest BCUT2D eigenvalue weighted by atomic mass is 11.7. The molecule has 21 heteroatoms. The minimum Gasteiger partial charge on any atom is -0.412 e. The van der Waals surface area contributed by atoms with Gasteiger partial charge in [0.2, 0.25) is 0 Å². The summed E-state index contributed by atoms with van der Waals surface area (Å²) in [5.74, 6) is 0. The van der Waals surface area contributed by atoms with Gasteiger partial charge in [-0.1, -0.05) is 0 Å². The van der Waals surface area contributed by atoms with E-state index >= 15 is 0 Å². The zero-order valence-corrected chi connectivity index (χ0v) is 12.8. The van der Waals surface area contributed by atoms with Crippen LogP contribution in [0, 0.1) is 0 Å². The largest absolute Gasteiger partial charge is 0.412 e. The van der Waals surface area contributed by atoms with Crippen molar-refractivity contribution in [1.29, 1.82) is 0 Å². The molecular weight excluding hydrogens is 409 g/mol. The van der Waals surface area contributed by atoms with Gasteiger partial charge in [-0.2, -0.15) is 4.39 Å². The van der Waals surface area contributed by atoms with E-state index in [0.717, 1.165) is 0 Å². The number of hydrogen-bond donors (Lipinski definition) is 0. The summed E-state index contributed by atoms with van der Waals surface area (Å²) < 4.78 is 8.40. The van der Waals surface area contributed by atoms with Gasteiger partial charge < -0.3 is 93.1 Å². The smallest absolute Gasteiger partial charge is 0.333 e. The molecule has 0 heterocycles. The van der Waals surface area contributed by atoms with Crippen LogP contribution in [0.3, 0.4) is 0 Å². The molecule has 0 aliphatic rings. The maximum absolute atomic E-state index is 11.0. The molecule has 0 spiro atoms. The topological polar surface area (TPSA) is 536 Å². The minimum atomic E-state index is -2.58. The first-order valence-electron chi connectivity index (χ1n) is 0.756. The molecule has 0 amide bonds. The molecule has 168 valence electrons. The van der Waals surface area contributed by atoms with E-state index in [0.29, 0.717) is 0 Å². The second-order valence-electron chi connectivity index (χ2n) is 0.429. The Kier molecular flexibility index (Phi) is 6030. The van der Waals surface area contributed by atoms with Gasteiger partial charge in [-0.05, 0) is 34.8 Å². The molecule has 0 atom stereocenters. The van der Waals surface area contributed by atoms with Crippen LogP contribution in [-0.2, 0) is 0 Å². The van der Waals surface area contributed by atoms with Gasteiger partial charge in [0.1, 0.15) is 0 Å². The van der Waals surface area contributed by atoms with Crippen molar-refractivity contribution in [2.75, 3.05) is 0 Å². The zero-order chi connectivity index (χ0) is 4.50. The summed E-state index contributed by atoms with van der Waals surface area (Å²) in [6.45, 7) is 0. The highest BCUT2D eigenvalue weighted by molar-refractivity contribution is 6.66. The maximum Gasteiger partial charge on any atom is 0.333 e. The van der Waals surface area contributed by atoms with Crippen LogP contribution in [0.2, 0.25) is 0 Å². The van der Waals surface area contributed by atoms with E-state index in [1.807, 2.05) is 0 Å². The summed E-state index contributed by atoms with van der Waals surface area (Å²) >= 11 is 13.2. The van der Waals surface area contributed by atoms with Gasteiger partial charge in [0, 0.05) is 0 Å². The monoisotopic (exact) mass is 442 g/mol. The minimum absolute atomic E-state index is 0. The van der Waals surface area contributed by atoms with Crippen LogP contribution >= 0.6 is 34.8 Å². The van der Waals surface area contributed by atoms with Crippen molar-refractivity contribution in [2.45, 2.75) is 4.05 Å². The Bertz CT molecular complexity index is 39.4. The molecule has 0 aromatic heterocycles. The molecule has 34 N–H and O–H groups in total. The highest BCUT2D eigenvalue weighted by Crippen LogP contribution is 2.26. The number of alkyl halides is 4. The van der Waals surface area contributed by atoms with Crippen LogP contribution in [0.15, 0.2) is 0 Å². The fraction of sp³-hybridized carbons (Fsp3) is 1.00. The Hall–Kier alpha value is 0.120. The Labute approximate surface area is 137 Å². The van der Waals surface area contributed by atoms with Gasteiger partial charge in [0.05, 0.1) is 0 Å².